The molecule has 38 heavy (non-hydrogen) atoms. The summed E-state index contributed by atoms with van der Waals surface area (Å²) < 4.78 is 41.0. The van der Waals surface area contributed by atoms with E-state index in [2.05, 4.69) is 15.0 Å². The summed E-state index contributed by atoms with van der Waals surface area (Å²) in [6.45, 7) is 2.56. The number of nitrogens with zero attached hydrogens (tertiary/aromatic N) is 5. The van der Waals surface area contributed by atoms with Crippen molar-refractivity contribution >= 4 is 34.8 Å². The molecule has 1 amide bonds. The molecule has 2 aliphatic heterocycles. The van der Waals surface area contributed by atoms with Crippen LogP contribution in [0.2, 0.25) is 5.02 Å². The fraction of sp³-hybridized carbons (Fsp3) is 0.560. The van der Waals surface area contributed by atoms with Gasteiger partial charge in [0.05, 0.1) is 16.9 Å². The lowest BCUT2D eigenvalue weighted by Gasteiger charge is -2.36. The Labute approximate surface area is 222 Å². The number of pyridine rings is 1. The zero-order valence-corrected chi connectivity index (χ0v) is 21.3. The minimum atomic E-state index is -4.85. The Morgan fingerprint density at radius 1 is 1.05 bits per heavy atom. The van der Waals surface area contributed by atoms with Gasteiger partial charge in [-0.1, -0.05) is 11.6 Å². The van der Waals surface area contributed by atoms with E-state index < -0.39 is 35.2 Å². The number of hydrogen-bond acceptors (Lipinski definition) is 7. The predicted octanol–water partition coefficient (Wildman–Crippen LogP) is 3.14. The van der Waals surface area contributed by atoms with Crippen molar-refractivity contribution in [3.05, 3.63) is 45.5 Å². The van der Waals surface area contributed by atoms with Gasteiger partial charge in [-0.2, -0.15) is 18.3 Å². The van der Waals surface area contributed by atoms with E-state index >= 15 is 0 Å². The molecule has 4 heterocycles. The average molecular weight is 553 g/mol. The molecule has 9 nitrogen and oxygen atoms in total. The van der Waals surface area contributed by atoms with Crippen molar-refractivity contribution in [2.75, 3.05) is 42.5 Å². The lowest BCUT2D eigenvalue weighted by Crippen LogP contribution is -2.49. The number of hydrogen-bond donors (Lipinski definition) is 1. The number of aromatic nitrogens is 3. The van der Waals surface area contributed by atoms with Crippen molar-refractivity contribution in [2.24, 2.45) is 11.8 Å². The van der Waals surface area contributed by atoms with E-state index in [1.165, 1.54) is 4.90 Å². The number of aromatic amines is 1. The second-order valence-corrected chi connectivity index (χ2v) is 10.5. The van der Waals surface area contributed by atoms with E-state index in [0.29, 0.717) is 63.4 Å². The summed E-state index contributed by atoms with van der Waals surface area (Å²) in [6.07, 6.45) is 0.0278. The maximum atomic E-state index is 13.7. The van der Waals surface area contributed by atoms with Crippen molar-refractivity contribution < 1.29 is 22.8 Å². The first-order valence-electron chi connectivity index (χ1n) is 12.7. The Balaban J connectivity index is 1.21. The van der Waals surface area contributed by atoms with Crippen LogP contribution in [0.15, 0.2) is 29.3 Å². The number of Topliss-reactive ketones (excluding diaryl/α,β-unsaturated/α-hetero) is 1. The SMILES string of the molecule is O=C1[C@@H](CC(=O)N2CCN(c3ccc(Cl)cn3)CC2)CC[C@H]1[C@@H]1CCCN1c1cn[nH]c(=O)c1C(F)(F)F. The highest BCUT2D eigenvalue weighted by molar-refractivity contribution is 6.30. The molecular formula is C25H28ClF3N6O3. The number of ketones is 1. The number of nitrogens with one attached hydrogen (secondary N) is 1. The number of rotatable bonds is 5. The number of carbonyl (C=O) groups is 2. The highest BCUT2D eigenvalue weighted by Crippen LogP contribution is 2.42. The molecule has 1 saturated carbocycles. The molecule has 0 spiro atoms. The van der Waals surface area contributed by atoms with Crippen LogP contribution in [0, 0.1) is 11.8 Å². The fourth-order valence-corrected chi connectivity index (χ4v) is 6.13. The second kappa shape index (κ2) is 10.5. The second-order valence-electron chi connectivity index (χ2n) is 10.0. The van der Waals surface area contributed by atoms with Crippen LogP contribution in [-0.4, -0.2) is 70.5 Å². The van der Waals surface area contributed by atoms with Crippen LogP contribution in [0.5, 0.6) is 0 Å². The number of amides is 1. The lowest BCUT2D eigenvalue weighted by molar-refractivity contribution is -0.138. The monoisotopic (exact) mass is 552 g/mol. The van der Waals surface area contributed by atoms with Gasteiger partial charge in [-0.15, -0.1) is 0 Å². The molecule has 2 aromatic rings. The number of anilines is 2. The number of alkyl halides is 3. The first-order chi connectivity index (χ1) is 18.1. The molecule has 0 radical (unpaired) electrons. The molecule has 204 valence electrons. The molecule has 2 saturated heterocycles. The van der Waals surface area contributed by atoms with Crippen LogP contribution in [0.1, 0.15) is 37.7 Å². The van der Waals surface area contributed by atoms with Gasteiger partial charge >= 0.3 is 6.18 Å². The van der Waals surface area contributed by atoms with Crippen molar-refractivity contribution in [3.63, 3.8) is 0 Å². The van der Waals surface area contributed by atoms with Crippen molar-refractivity contribution in [1.29, 1.82) is 0 Å². The lowest BCUT2D eigenvalue weighted by atomic mass is 9.91. The maximum absolute atomic E-state index is 13.7. The number of piperazine rings is 1. The molecule has 1 N–H and O–H groups in total. The highest BCUT2D eigenvalue weighted by Gasteiger charge is 2.46. The normalized spacial score (nSPS) is 24.4. The summed E-state index contributed by atoms with van der Waals surface area (Å²) in [6, 6.07) is 3.15. The van der Waals surface area contributed by atoms with Crippen molar-refractivity contribution in [3.8, 4) is 0 Å². The Morgan fingerprint density at radius 3 is 2.50 bits per heavy atom. The molecule has 3 atom stereocenters. The summed E-state index contributed by atoms with van der Waals surface area (Å²) >= 11 is 5.90. The van der Waals surface area contributed by atoms with Crippen molar-refractivity contribution in [2.45, 2.75) is 44.3 Å². The summed E-state index contributed by atoms with van der Waals surface area (Å²) in [7, 11) is 0. The molecule has 5 rings (SSSR count). The third-order valence-electron chi connectivity index (χ3n) is 7.88. The van der Waals surface area contributed by atoms with Gasteiger partial charge in [-0.05, 0) is 37.8 Å². The van der Waals surface area contributed by atoms with Gasteiger partial charge in [0.25, 0.3) is 5.56 Å². The fourth-order valence-electron chi connectivity index (χ4n) is 6.02. The van der Waals surface area contributed by atoms with Crippen LogP contribution in [-0.2, 0) is 15.8 Å². The van der Waals surface area contributed by atoms with Gasteiger partial charge in [-0.3, -0.25) is 14.4 Å². The molecule has 0 bridgehead atoms. The van der Waals surface area contributed by atoms with Gasteiger partial charge < -0.3 is 14.7 Å². The Morgan fingerprint density at radius 2 is 1.82 bits per heavy atom. The predicted molar refractivity (Wildman–Crippen MR) is 134 cm³/mol. The van der Waals surface area contributed by atoms with Crippen LogP contribution < -0.4 is 15.4 Å². The zero-order chi connectivity index (χ0) is 27.0. The van der Waals surface area contributed by atoms with E-state index in [-0.39, 0.29) is 23.8 Å². The van der Waals surface area contributed by atoms with Crippen LogP contribution in [0.4, 0.5) is 24.7 Å². The van der Waals surface area contributed by atoms with Crippen LogP contribution in [0.3, 0.4) is 0 Å². The van der Waals surface area contributed by atoms with Gasteiger partial charge in [0, 0.05) is 63.2 Å². The van der Waals surface area contributed by atoms with Crippen molar-refractivity contribution in [1.82, 2.24) is 20.1 Å². The summed E-state index contributed by atoms with van der Waals surface area (Å²) in [4.78, 5) is 48.1. The molecular weight excluding hydrogens is 525 g/mol. The third-order valence-corrected chi connectivity index (χ3v) is 8.10. The zero-order valence-electron chi connectivity index (χ0n) is 20.6. The minimum absolute atomic E-state index is 0.0781. The van der Waals surface area contributed by atoms with Gasteiger partial charge in [0.2, 0.25) is 5.91 Å². The van der Waals surface area contributed by atoms with E-state index in [4.69, 9.17) is 11.6 Å². The first-order valence-corrected chi connectivity index (χ1v) is 13.1. The highest BCUT2D eigenvalue weighted by atomic mass is 35.5. The summed E-state index contributed by atoms with van der Waals surface area (Å²) in [5.41, 5.74) is -2.87. The maximum Gasteiger partial charge on any atom is 0.423 e. The van der Waals surface area contributed by atoms with Gasteiger partial charge in [0.1, 0.15) is 17.2 Å². The Kier molecular flexibility index (Phi) is 7.34. The topological polar surface area (TPSA) is 102 Å². The molecule has 3 fully saturated rings. The van der Waals surface area contributed by atoms with Gasteiger partial charge in [-0.25, -0.2) is 10.1 Å². The summed E-state index contributed by atoms with van der Waals surface area (Å²) in [5.74, 6) is -0.311. The Bertz CT molecular complexity index is 1250. The standard InChI is InChI=1S/C25H28ClF3N6O3/c26-16-4-6-20(30-13-16)33-8-10-34(11-9-33)21(36)12-15-3-5-17(23(15)37)18-2-1-7-35(18)19-14-31-32-24(38)22(19)25(27,28)29/h4,6,13-15,17-18H,1-3,5,7-12H2,(H,32,38)/t15-,17+,18+/m1/s1. The quantitative estimate of drug-likeness (QED) is 0.608. The van der Waals surface area contributed by atoms with E-state index in [9.17, 15) is 27.6 Å². The first kappa shape index (κ1) is 26.5. The molecule has 1 aliphatic carbocycles. The van der Waals surface area contributed by atoms with E-state index in [0.717, 1.165) is 12.0 Å². The van der Waals surface area contributed by atoms with Crippen LogP contribution in [0.25, 0.3) is 0 Å². The molecule has 2 aromatic heterocycles. The largest absolute Gasteiger partial charge is 0.423 e. The van der Waals surface area contributed by atoms with Gasteiger partial charge in [0.15, 0.2) is 0 Å². The molecule has 13 heteroatoms. The van der Waals surface area contributed by atoms with Crippen LogP contribution >= 0.6 is 11.6 Å². The number of halogens is 4. The number of carbonyl (C=O) groups excluding carboxylic acids is 2. The molecule has 0 aromatic carbocycles. The molecule has 0 unspecified atom stereocenters. The Hall–Kier alpha value is -3.15. The number of H-pyrrole nitrogens is 1. The molecule has 3 aliphatic rings. The summed E-state index contributed by atoms with van der Waals surface area (Å²) in [5, 5.41) is 6.01. The van der Waals surface area contributed by atoms with E-state index in [1.807, 2.05) is 11.2 Å². The average Bonchev–Trinajstić information content (AvgIpc) is 3.50. The third kappa shape index (κ3) is 5.23. The minimum Gasteiger partial charge on any atom is -0.366 e. The van der Waals surface area contributed by atoms with E-state index in [1.54, 1.807) is 17.2 Å². The smallest absolute Gasteiger partial charge is 0.366 e.